The van der Waals surface area contributed by atoms with Crippen molar-refractivity contribution in [3.8, 4) is 5.75 Å². The van der Waals surface area contributed by atoms with Gasteiger partial charge in [-0.15, -0.1) is 0 Å². The highest BCUT2D eigenvalue weighted by molar-refractivity contribution is 6.04. The molecule has 1 aromatic carbocycles. The van der Waals surface area contributed by atoms with Gasteiger partial charge in [0.05, 0.1) is 18.9 Å². The van der Waals surface area contributed by atoms with Gasteiger partial charge in [0, 0.05) is 24.6 Å². The Labute approximate surface area is 218 Å². The van der Waals surface area contributed by atoms with Crippen molar-refractivity contribution in [1.82, 2.24) is 9.38 Å². The van der Waals surface area contributed by atoms with Gasteiger partial charge in [-0.1, -0.05) is 54.9 Å². The molecule has 0 aliphatic heterocycles. The molecule has 0 bridgehead atoms. The smallest absolute Gasteiger partial charge is 0.255 e. The average molecular weight is 502 g/mol. The lowest BCUT2D eigenvalue weighted by Crippen LogP contribution is -2.12. The number of pyridine rings is 1. The minimum absolute atomic E-state index is 0.224. The number of imidazole rings is 1. The molecule has 0 spiro atoms. The zero-order chi connectivity index (χ0) is 27.9. The van der Waals surface area contributed by atoms with Crippen molar-refractivity contribution in [2.75, 3.05) is 19.0 Å². The molecule has 0 saturated carbocycles. The monoisotopic (exact) mass is 501 g/mol. The van der Waals surface area contributed by atoms with Crippen LogP contribution in [0.3, 0.4) is 0 Å². The predicted molar refractivity (Wildman–Crippen MR) is 152 cm³/mol. The maximum Gasteiger partial charge on any atom is 0.255 e. The van der Waals surface area contributed by atoms with Gasteiger partial charge < -0.3 is 19.2 Å². The first-order valence-electron chi connectivity index (χ1n) is 13.0. The predicted octanol–water partition coefficient (Wildman–Crippen LogP) is 7.70. The molecule has 3 rings (SSSR count). The van der Waals surface area contributed by atoms with Crippen molar-refractivity contribution in [3.05, 3.63) is 60.0 Å². The number of unbranched alkanes of at least 4 members (excludes halogenated alkanes) is 1. The van der Waals surface area contributed by atoms with E-state index in [4.69, 9.17) is 9.47 Å². The number of fused-ring (bicyclic) bond motifs is 1. The van der Waals surface area contributed by atoms with Crippen molar-refractivity contribution >= 4 is 23.5 Å². The molecule has 7 nitrogen and oxygen atoms in total. The van der Waals surface area contributed by atoms with E-state index >= 15 is 0 Å². The maximum atomic E-state index is 12.2. The summed E-state index contributed by atoms with van der Waals surface area (Å²) in [5, 5.41) is 2.80. The third-order valence-electron chi connectivity index (χ3n) is 4.15. The fraction of sp³-hybridized carbons (Fsp3) is 0.483. The highest BCUT2D eigenvalue weighted by atomic mass is 16.5. The Kier molecular flexibility index (Phi) is 21.7. The normalized spacial score (nSPS) is 9.19. The van der Waals surface area contributed by atoms with Gasteiger partial charge in [0.25, 0.3) is 5.91 Å². The molecule has 0 unspecified atom stereocenters. The number of hydrogen-bond donors (Lipinski definition) is 1. The number of hydrogen-bond acceptors (Lipinski definition) is 5. The van der Waals surface area contributed by atoms with Crippen LogP contribution in [0.2, 0.25) is 0 Å². The Balaban J connectivity index is 0. The quantitative estimate of drug-likeness (QED) is 0.253. The molecule has 1 amide bonds. The van der Waals surface area contributed by atoms with E-state index in [1.54, 1.807) is 60.3 Å². The van der Waals surface area contributed by atoms with Crippen LogP contribution in [-0.2, 0) is 4.74 Å². The van der Waals surface area contributed by atoms with Crippen molar-refractivity contribution in [3.63, 3.8) is 0 Å². The number of benzene rings is 1. The van der Waals surface area contributed by atoms with Crippen LogP contribution in [0.25, 0.3) is 5.65 Å². The van der Waals surface area contributed by atoms with Crippen molar-refractivity contribution in [2.24, 2.45) is 0 Å². The van der Waals surface area contributed by atoms with Crippen LogP contribution >= 0.6 is 0 Å². The van der Waals surface area contributed by atoms with Crippen LogP contribution in [0.5, 0.6) is 5.75 Å². The molecule has 2 heterocycles. The standard InChI is InChI=1S/C16H13N3O3.C7H16O.3C2H6/c1-22-14-5-2-11(3-6-14)16(21)18-12-4-7-15-17-13(10-20)9-19(15)8-12;1-4-5-6-8-7(2)3;3*1-2/h2-10H,1H3,(H,18,21);7H,4-6H2,1-3H3;3*1-2H3. The summed E-state index contributed by atoms with van der Waals surface area (Å²) in [6, 6.07) is 10.3. The van der Waals surface area contributed by atoms with E-state index in [0.717, 1.165) is 6.61 Å². The largest absolute Gasteiger partial charge is 0.497 e. The molecule has 0 aliphatic carbocycles. The topological polar surface area (TPSA) is 81.9 Å². The lowest BCUT2D eigenvalue weighted by molar-refractivity contribution is 0.0767. The molecule has 202 valence electrons. The number of ether oxygens (including phenoxy) is 2. The second kappa shape index (κ2) is 22.3. The Morgan fingerprint density at radius 3 is 2.11 bits per heavy atom. The van der Waals surface area contributed by atoms with Crippen molar-refractivity contribution < 1.29 is 19.1 Å². The highest BCUT2D eigenvalue weighted by Crippen LogP contribution is 2.15. The maximum absolute atomic E-state index is 12.2. The van der Waals surface area contributed by atoms with E-state index in [9.17, 15) is 9.59 Å². The molecule has 0 atom stereocenters. The van der Waals surface area contributed by atoms with E-state index in [1.165, 1.54) is 12.8 Å². The summed E-state index contributed by atoms with van der Waals surface area (Å²) in [4.78, 5) is 27.0. The summed E-state index contributed by atoms with van der Waals surface area (Å²) >= 11 is 0. The minimum atomic E-state index is -0.224. The van der Waals surface area contributed by atoms with Crippen molar-refractivity contribution in [1.29, 1.82) is 0 Å². The summed E-state index contributed by atoms with van der Waals surface area (Å²) in [7, 11) is 1.57. The minimum Gasteiger partial charge on any atom is -0.497 e. The first-order valence-corrected chi connectivity index (χ1v) is 13.0. The number of aromatic nitrogens is 2. The molecule has 0 fully saturated rings. The van der Waals surface area contributed by atoms with Gasteiger partial charge in [-0.2, -0.15) is 0 Å². The zero-order valence-corrected chi connectivity index (χ0v) is 23.9. The van der Waals surface area contributed by atoms with Gasteiger partial charge in [-0.25, -0.2) is 4.98 Å². The molecule has 3 aromatic rings. The molecule has 1 N–H and O–H groups in total. The van der Waals surface area contributed by atoms with E-state index in [2.05, 4.69) is 31.1 Å². The molecule has 0 aliphatic rings. The number of carbonyl (C=O) groups is 2. The van der Waals surface area contributed by atoms with Gasteiger partial charge in [0.1, 0.15) is 17.1 Å². The summed E-state index contributed by atoms with van der Waals surface area (Å²) in [5.41, 5.74) is 2.13. The summed E-state index contributed by atoms with van der Waals surface area (Å²) in [6.07, 6.45) is 6.82. The molecular weight excluding hydrogens is 454 g/mol. The van der Waals surface area contributed by atoms with E-state index in [1.807, 2.05) is 41.5 Å². The van der Waals surface area contributed by atoms with Crippen molar-refractivity contribution in [2.45, 2.75) is 81.3 Å². The lowest BCUT2D eigenvalue weighted by Gasteiger charge is -2.06. The second-order valence-corrected chi connectivity index (χ2v) is 6.92. The van der Waals surface area contributed by atoms with Crippen LogP contribution < -0.4 is 10.1 Å². The number of amides is 1. The molecule has 0 saturated heterocycles. The highest BCUT2D eigenvalue weighted by Gasteiger charge is 2.07. The number of carbonyl (C=O) groups excluding carboxylic acids is 2. The summed E-state index contributed by atoms with van der Waals surface area (Å²) in [6.45, 7) is 19.2. The fourth-order valence-electron chi connectivity index (χ4n) is 2.55. The summed E-state index contributed by atoms with van der Waals surface area (Å²) in [5.74, 6) is 0.468. The Morgan fingerprint density at radius 1 is 1.00 bits per heavy atom. The molecule has 0 radical (unpaired) electrons. The number of rotatable bonds is 8. The van der Waals surface area contributed by atoms with Gasteiger partial charge in [0.15, 0.2) is 6.29 Å². The van der Waals surface area contributed by atoms with Gasteiger partial charge in [-0.05, 0) is 56.7 Å². The third kappa shape index (κ3) is 13.6. The Morgan fingerprint density at radius 2 is 1.61 bits per heavy atom. The SMILES string of the molecule is CC.CC.CC.CCCCOC(C)C.COc1ccc(C(=O)Nc2ccc3nc(C=O)cn3c2)cc1. The Hall–Kier alpha value is -3.19. The average Bonchev–Trinajstić information content (AvgIpc) is 3.35. The van der Waals surface area contributed by atoms with Crippen LogP contribution in [-0.4, -0.2) is 41.4 Å². The van der Waals surface area contributed by atoms with E-state index < -0.39 is 0 Å². The summed E-state index contributed by atoms with van der Waals surface area (Å²) < 4.78 is 12.0. The van der Waals surface area contributed by atoms with Gasteiger partial charge in [-0.3, -0.25) is 9.59 Å². The number of methoxy groups -OCH3 is 1. The molecule has 36 heavy (non-hydrogen) atoms. The molecule has 2 aromatic heterocycles. The first-order chi connectivity index (χ1) is 17.5. The van der Waals surface area contributed by atoms with E-state index in [-0.39, 0.29) is 5.91 Å². The number of nitrogens with one attached hydrogen (secondary N) is 1. The molecule has 7 heteroatoms. The van der Waals surface area contributed by atoms with Crippen LogP contribution in [0.15, 0.2) is 48.8 Å². The Bertz CT molecular complexity index is 951. The third-order valence-corrected chi connectivity index (χ3v) is 4.15. The van der Waals surface area contributed by atoms with Crippen LogP contribution in [0, 0.1) is 0 Å². The van der Waals surface area contributed by atoms with Crippen LogP contribution in [0.4, 0.5) is 5.69 Å². The van der Waals surface area contributed by atoms with E-state index in [0.29, 0.717) is 40.7 Å². The second-order valence-electron chi connectivity index (χ2n) is 6.92. The lowest BCUT2D eigenvalue weighted by atomic mass is 10.2. The molecular formula is C29H47N3O4. The number of nitrogens with zero attached hydrogens (tertiary/aromatic N) is 2. The van der Waals surface area contributed by atoms with Gasteiger partial charge in [0.2, 0.25) is 0 Å². The zero-order valence-electron chi connectivity index (χ0n) is 23.9. The first kappa shape index (κ1) is 35.0. The number of anilines is 1. The van der Waals surface area contributed by atoms with Gasteiger partial charge >= 0.3 is 0 Å². The van der Waals surface area contributed by atoms with Crippen LogP contribution in [0.1, 0.15) is 96.0 Å². The fourth-order valence-corrected chi connectivity index (χ4v) is 2.55. The number of aldehydes is 1.